The van der Waals surface area contributed by atoms with Crippen LogP contribution in [0.1, 0.15) is 48.9 Å². The minimum absolute atomic E-state index is 1.03. The molecule has 0 aromatic heterocycles. The van der Waals surface area contributed by atoms with Crippen molar-refractivity contribution in [2.45, 2.75) is 52.4 Å². The highest BCUT2D eigenvalue weighted by atomic mass is 14.1. The number of hydrogen-bond donors (Lipinski definition) is 0. The van der Waals surface area contributed by atoms with Crippen LogP contribution in [0.4, 0.5) is 0 Å². The van der Waals surface area contributed by atoms with Gasteiger partial charge in [0.25, 0.3) is 0 Å². The molecule has 0 radical (unpaired) electrons. The SMILES string of the molecule is C/C=C/CCc1ccc(-c2ccc(CCc3ccc(C/C=C\CC)cc3)cc2)cc1. The Balaban J connectivity index is 1.52. The van der Waals surface area contributed by atoms with E-state index in [0.717, 1.165) is 38.5 Å². The summed E-state index contributed by atoms with van der Waals surface area (Å²) in [5.74, 6) is 0. The molecule has 0 unspecified atom stereocenters. The van der Waals surface area contributed by atoms with Crippen LogP contribution in [0.5, 0.6) is 0 Å². The van der Waals surface area contributed by atoms with Gasteiger partial charge in [0, 0.05) is 0 Å². The highest BCUT2D eigenvalue weighted by molar-refractivity contribution is 5.64. The van der Waals surface area contributed by atoms with E-state index in [1.165, 1.54) is 33.4 Å². The van der Waals surface area contributed by atoms with Crippen LogP contribution in [-0.4, -0.2) is 0 Å². The lowest BCUT2D eigenvalue weighted by atomic mass is 9.98. The highest BCUT2D eigenvalue weighted by Gasteiger charge is 2.01. The van der Waals surface area contributed by atoms with E-state index in [0.29, 0.717) is 0 Å². The van der Waals surface area contributed by atoms with Crippen molar-refractivity contribution < 1.29 is 0 Å². The third-order valence-electron chi connectivity index (χ3n) is 5.56. The Kier molecular flexibility index (Phi) is 8.72. The average molecular weight is 395 g/mol. The van der Waals surface area contributed by atoms with Crippen molar-refractivity contribution in [3.8, 4) is 11.1 Å². The molecule has 3 aromatic rings. The Morgan fingerprint density at radius 2 is 1.00 bits per heavy atom. The molecule has 0 heterocycles. The van der Waals surface area contributed by atoms with Crippen molar-refractivity contribution >= 4 is 0 Å². The van der Waals surface area contributed by atoms with E-state index in [9.17, 15) is 0 Å². The minimum atomic E-state index is 1.03. The summed E-state index contributed by atoms with van der Waals surface area (Å²) in [5, 5.41) is 0. The van der Waals surface area contributed by atoms with Crippen LogP contribution in [0.2, 0.25) is 0 Å². The first-order chi connectivity index (χ1) is 14.8. The van der Waals surface area contributed by atoms with Gasteiger partial charge in [-0.25, -0.2) is 0 Å². The van der Waals surface area contributed by atoms with Gasteiger partial charge in [0.2, 0.25) is 0 Å². The molecule has 0 aliphatic heterocycles. The number of hydrogen-bond acceptors (Lipinski definition) is 0. The normalized spacial score (nSPS) is 11.5. The molecule has 0 amide bonds. The third-order valence-corrected chi connectivity index (χ3v) is 5.56. The molecular weight excluding hydrogens is 360 g/mol. The Labute approximate surface area is 183 Å². The Morgan fingerprint density at radius 3 is 1.50 bits per heavy atom. The molecule has 0 saturated heterocycles. The zero-order chi connectivity index (χ0) is 21.0. The van der Waals surface area contributed by atoms with Crippen molar-refractivity contribution in [2.75, 3.05) is 0 Å². The number of allylic oxidation sites excluding steroid dienone is 4. The van der Waals surface area contributed by atoms with Gasteiger partial charge in [-0.1, -0.05) is 104 Å². The molecule has 0 N–H and O–H groups in total. The summed E-state index contributed by atoms with van der Waals surface area (Å²) in [6.45, 7) is 4.26. The molecule has 0 atom stereocenters. The zero-order valence-electron chi connectivity index (χ0n) is 18.5. The van der Waals surface area contributed by atoms with Crippen LogP contribution in [-0.2, 0) is 25.7 Å². The molecule has 3 aromatic carbocycles. The fourth-order valence-corrected chi connectivity index (χ4v) is 3.66. The van der Waals surface area contributed by atoms with E-state index in [2.05, 4.69) is 111 Å². The largest absolute Gasteiger partial charge is 0.0917 e. The number of rotatable bonds is 10. The lowest BCUT2D eigenvalue weighted by Crippen LogP contribution is -1.92. The molecule has 0 saturated carbocycles. The maximum Gasteiger partial charge on any atom is -0.00975 e. The fraction of sp³-hybridized carbons (Fsp3) is 0.267. The van der Waals surface area contributed by atoms with Crippen LogP contribution in [0.25, 0.3) is 11.1 Å². The van der Waals surface area contributed by atoms with Crippen molar-refractivity contribution in [1.29, 1.82) is 0 Å². The second kappa shape index (κ2) is 12.0. The molecule has 3 rings (SSSR count). The Bertz CT molecular complexity index is 923. The monoisotopic (exact) mass is 394 g/mol. The molecule has 154 valence electrons. The van der Waals surface area contributed by atoms with E-state index in [1.807, 2.05) is 0 Å². The summed E-state index contributed by atoms with van der Waals surface area (Å²) in [5.41, 5.74) is 8.20. The fourth-order valence-electron chi connectivity index (χ4n) is 3.66. The summed E-state index contributed by atoms with van der Waals surface area (Å²) in [7, 11) is 0. The van der Waals surface area contributed by atoms with E-state index in [-0.39, 0.29) is 0 Å². The molecule has 0 bridgehead atoms. The van der Waals surface area contributed by atoms with Crippen LogP contribution in [0, 0.1) is 0 Å². The summed E-state index contributed by atoms with van der Waals surface area (Å²) in [6, 6.07) is 27.2. The van der Waals surface area contributed by atoms with Gasteiger partial charge in [0.1, 0.15) is 0 Å². The lowest BCUT2D eigenvalue weighted by molar-refractivity contribution is 0.958. The molecule has 0 heteroatoms. The summed E-state index contributed by atoms with van der Waals surface area (Å²) >= 11 is 0. The molecular formula is C30H34. The summed E-state index contributed by atoms with van der Waals surface area (Å²) in [6.07, 6.45) is 15.4. The number of benzene rings is 3. The van der Waals surface area contributed by atoms with Crippen LogP contribution in [0.3, 0.4) is 0 Å². The second-order valence-electron chi connectivity index (χ2n) is 7.90. The summed E-state index contributed by atoms with van der Waals surface area (Å²) in [4.78, 5) is 0. The predicted octanol–water partition coefficient (Wildman–Crippen LogP) is 8.16. The first-order valence-corrected chi connectivity index (χ1v) is 11.3. The molecule has 0 aliphatic carbocycles. The van der Waals surface area contributed by atoms with Crippen molar-refractivity contribution in [2.24, 2.45) is 0 Å². The van der Waals surface area contributed by atoms with Gasteiger partial charge < -0.3 is 0 Å². The van der Waals surface area contributed by atoms with E-state index < -0.39 is 0 Å². The number of aryl methyl sites for hydroxylation is 3. The molecule has 0 aliphatic rings. The topological polar surface area (TPSA) is 0 Å². The predicted molar refractivity (Wildman–Crippen MR) is 132 cm³/mol. The highest BCUT2D eigenvalue weighted by Crippen LogP contribution is 2.21. The van der Waals surface area contributed by atoms with Gasteiger partial charge in [-0.3, -0.25) is 0 Å². The van der Waals surface area contributed by atoms with Crippen LogP contribution >= 0.6 is 0 Å². The van der Waals surface area contributed by atoms with Gasteiger partial charge in [0.05, 0.1) is 0 Å². The van der Waals surface area contributed by atoms with Crippen molar-refractivity contribution in [1.82, 2.24) is 0 Å². The Morgan fingerprint density at radius 1 is 0.533 bits per heavy atom. The van der Waals surface area contributed by atoms with Gasteiger partial charge in [-0.2, -0.15) is 0 Å². The van der Waals surface area contributed by atoms with Crippen molar-refractivity contribution in [3.05, 3.63) is 119 Å². The van der Waals surface area contributed by atoms with E-state index >= 15 is 0 Å². The molecule has 0 spiro atoms. The third kappa shape index (κ3) is 6.88. The molecule has 0 fully saturated rings. The first kappa shape index (κ1) is 21.8. The zero-order valence-corrected chi connectivity index (χ0v) is 18.5. The maximum atomic E-state index is 2.28. The average Bonchev–Trinajstić information content (AvgIpc) is 2.80. The molecule has 30 heavy (non-hydrogen) atoms. The van der Waals surface area contributed by atoms with Gasteiger partial charge >= 0.3 is 0 Å². The Hall–Kier alpha value is -2.86. The van der Waals surface area contributed by atoms with Crippen LogP contribution < -0.4 is 0 Å². The van der Waals surface area contributed by atoms with Crippen LogP contribution in [0.15, 0.2) is 97.1 Å². The molecule has 0 nitrogen and oxygen atoms in total. The van der Waals surface area contributed by atoms with Gasteiger partial charge in [-0.05, 0) is 78.8 Å². The lowest BCUT2D eigenvalue weighted by Gasteiger charge is -2.07. The van der Waals surface area contributed by atoms with Gasteiger partial charge in [-0.15, -0.1) is 0 Å². The maximum absolute atomic E-state index is 2.28. The first-order valence-electron chi connectivity index (χ1n) is 11.3. The van der Waals surface area contributed by atoms with Crippen molar-refractivity contribution in [3.63, 3.8) is 0 Å². The standard InChI is InChI=1S/C30H34/c1-3-5-7-9-25-11-13-27(14-12-25)15-16-28-19-23-30(24-20-28)29-21-17-26(18-22-29)10-8-6-4-2/h4-7,11-14,17-24H,3,8-10,15-16H2,1-2H3/b6-4+,7-5-. The van der Waals surface area contributed by atoms with E-state index in [1.54, 1.807) is 0 Å². The van der Waals surface area contributed by atoms with E-state index in [4.69, 9.17) is 0 Å². The summed E-state index contributed by atoms with van der Waals surface area (Å²) < 4.78 is 0. The quantitative estimate of drug-likeness (QED) is 0.304. The van der Waals surface area contributed by atoms with Gasteiger partial charge in [0.15, 0.2) is 0 Å². The smallest absolute Gasteiger partial charge is 0.00975 e. The second-order valence-corrected chi connectivity index (χ2v) is 7.90. The minimum Gasteiger partial charge on any atom is -0.0917 e.